The van der Waals surface area contributed by atoms with Crippen LogP contribution in [0, 0.1) is 11.3 Å². The van der Waals surface area contributed by atoms with Gasteiger partial charge >= 0.3 is 0 Å². The van der Waals surface area contributed by atoms with Crippen LogP contribution in [0.4, 0.5) is 0 Å². The number of hydrogen-bond donors (Lipinski definition) is 1. The average molecular weight is 254 g/mol. The Morgan fingerprint density at radius 2 is 2.23 bits per heavy atom. The molecule has 0 saturated heterocycles. The van der Waals surface area contributed by atoms with Crippen molar-refractivity contribution >= 4 is 37.4 Å². The molecule has 4 heteroatoms. The molecule has 0 aliphatic heterocycles. The summed E-state index contributed by atoms with van der Waals surface area (Å²) in [5.74, 6) is 0.0926. The fraction of sp³-hybridized carbons (Fsp3) is 0. The van der Waals surface area contributed by atoms with Gasteiger partial charge in [0.25, 0.3) is 0 Å². The van der Waals surface area contributed by atoms with Gasteiger partial charge in [0.1, 0.15) is 10.9 Å². The molecule has 0 saturated carbocycles. The molecule has 2 nitrogen and oxygen atoms in total. The molecule has 0 bridgehead atoms. The number of nitrogens with zero attached hydrogens (tertiary/aromatic N) is 1. The van der Waals surface area contributed by atoms with Crippen molar-refractivity contribution in [2.45, 2.75) is 0 Å². The number of nitriles is 1. The van der Waals surface area contributed by atoms with Crippen molar-refractivity contribution in [2.75, 3.05) is 0 Å². The Balaban J connectivity index is 2.86. The number of thiophene rings is 1. The van der Waals surface area contributed by atoms with Crippen molar-refractivity contribution in [3.8, 4) is 11.8 Å². The molecule has 0 aliphatic carbocycles. The molecule has 0 unspecified atom stereocenters. The van der Waals surface area contributed by atoms with Crippen molar-refractivity contribution in [3.63, 3.8) is 0 Å². The van der Waals surface area contributed by atoms with E-state index in [1.165, 1.54) is 11.3 Å². The molecule has 0 radical (unpaired) electrons. The van der Waals surface area contributed by atoms with Crippen LogP contribution in [-0.4, -0.2) is 5.11 Å². The zero-order chi connectivity index (χ0) is 9.42. The molecule has 0 spiro atoms. The molecule has 1 aromatic heterocycles. The van der Waals surface area contributed by atoms with Gasteiger partial charge in [-0.05, 0) is 18.2 Å². The van der Waals surface area contributed by atoms with Crippen molar-refractivity contribution in [1.82, 2.24) is 0 Å². The third-order valence-corrected chi connectivity index (χ3v) is 3.27. The minimum Gasteiger partial charge on any atom is -0.505 e. The molecule has 2 aromatic rings. The van der Waals surface area contributed by atoms with E-state index >= 15 is 0 Å². The SMILES string of the molecule is N#Cc1sc2cc(Br)ccc2c1O. The van der Waals surface area contributed by atoms with E-state index in [4.69, 9.17) is 5.26 Å². The van der Waals surface area contributed by atoms with Crippen molar-refractivity contribution in [1.29, 1.82) is 5.26 Å². The molecular weight excluding hydrogens is 250 g/mol. The van der Waals surface area contributed by atoms with Gasteiger partial charge in [-0.15, -0.1) is 11.3 Å². The van der Waals surface area contributed by atoms with Gasteiger partial charge in [-0.25, -0.2) is 0 Å². The normalized spacial score (nSPS) is 10.2. The van der Waals surface area contributed by atoms with Crippen LogP contribution in [0.1, 0.15) is 4.88 Å². The topological polar surface area (TPSA) is 44.0 Å². The van der Waals surface area contributed by atoms with Gasteiger partial charge in [-0.1, -0.05) is 15.9 Å². The standard InChI is InChI=1S/C9H4BrNOS/c10-5-1-2-6-7(3-5)13-8(4-11)9(6)12/h1-3,12H. The first kappa shape index (κ1) is 8.54. The summed E-state index contributed by atoms with van der Waals surface area (Å²) in [5, 5.41) is 19.0. The summed E-state index contributed by atoms with van der Waals surface area (Å²) >= 11 is 4.63. The first-order chi connectivity index (χ1) is 6.22. The minimum absolute atomic E-state index is 0.0926. The fourth-order valence-corrected chi connectivity index (χ4v) is 2.58. The van der Waals surface area contributed by atoms with E-state index in [1.54, 1.807) is 6.07 Å². The monoisotopic (exact) mass is 253 g/mol. The summed E-state index contributed by atoms with van der Waals surface area (Å²) in [5.41, 5.74) is 0. The first-order valence-corrected chi connectivity index (χ1v) is 5.14. The highest BCUT2D eigenvalue weighted by Gasteiger charge is 2.09. The predicted octanol–water partition coefficient (Wildman–Crippen LogP) is 3.24. The van der Waals surface area contributed by atoms with Crippen LogP contribution in [0.2, 0.25) is 0 Å². The fourth-order valence-electron chi connectivity index (χ4n) is 1.13. The average Bonchev–Trinajstić information content (AvgIpc) is 2.42. The summed E-state index contributed by atoms with van der Waals surface area (Å²) < 4.78 is 1.87. The highest BCUT2D eigenvalue weighted by Crippen LogP contribution is 2.37. The highest BCUT2D eigenvalue weighted by molar-refractivity contribution is 9.10. The second kappa shape index (κ2) is 3.02. The van der Waals surface area contributed by atoms with E-state index in [0.29, 0.717) is 4.88 Å². The second-order valence-corrected chi connectivity index (χ2v) is 4.50. The largest absolute Gasteiger partial charge is 0.505 e. The summed E-state index contributed by atoms with van der Waals surface area (Å²) in [6.45, 7) is 0. The molecule has 2 rings (SSSR count). The van der Waals surface area contributed by atoms with Crippen LogP contribution in [0.5, 0.6) is 5.75 Å². The van der Waals surface area contributed by atoms with Crippen LogP contribution >= 0.6 is 27.3 Å². The van der Waals surface area contributed by atoms with E-state index < -0.39 is 0 Å². The zero-order valence-electron chi connectivity index (χ0n) is 6.41. The van der Waals surface area contributed by atoms with Crippen molar-refractivity contribution in [3.05, 3.63) is 27.5 Å². The molecule has 0 atom stereocenters. The van der Waals surface area contributed by atoms with Gasteiger partial charge in [0.15, 0.2) is 5.75 Å². The van der Waals surface area contributed by atoms with E-state index in [1.807, 2.05) is 18.2 Å². The van der Waals surface area contributed by atoms with E-state index in [2.05, 4.69) is 15.9 Å². The lowest BCUT2D eigenvalue weighted by Gasteiger charge is -1.90. The summed E-state index contributed by atoms with van der Waals surface area (Å²) in [4.78, 5) is 0.369. The lowest BCUT2D eigenvalue weighted by Crippen LogP contribution is -1.65. The van der Waals surface area contributed by atoms with Gasteiger partial charge in [-0.2, -0.15) is 5.26 Å². The maximum Gasteiger partial charge on any atom is 0.152 e. The summed E-state index contributed by atoms with van der Waals surface area (Å²) in [6.07, 6.45) is 0. The Hall–Kier alpha value is -1.05. The lowest BCUT2D eigenvalue weighted by atomic mass is 10.2. The quantitative estimate of drug-likeness (QED) is 0.784. The molecule has 0 aliphatic rings. The number of hydrogen-bond acceptors (Lipinski definition) is 3. The number of halogens is 1. The van der Waals surface area contributed by atoms with Gasteiger partial charge < -0.3 is 5.11 Å². The van der Waals surface area contributed by atoms with Crippen LogP contribution < -0.4 is 0 Å². The molecule has 1 aromatic carbocycles. The third kappa shape index (κ3) is 1.30. The molecular formula is C9H4BrNOS. The minimum atomic E-state index is 0.0926. The first-order valence-electron chi connectivity index (χ1n) is 3.53. The van der Waals surface area contributed by atoms with E-state index in [-0.39, 0.29) is 5.75 Å². The number of aromatic hydroxyl groups is 1. The Bertz CT molecular complexity index is 512. The van der Waals surface area contributed by atoms with Gasteiger partial charge in [0, 0.05) is 14.6 Å². The molecule has 1 N–H and O–H groups in total. The molecule has 0 amide bonds. The van der Waals surface area contributed by atoms with Gasteiger partial charge in [0.05, 0.1) is 0 Å². The van der Waals surface area contributed by atoms with Gasteiger partial charge in [-0.3, -0.25) is 0 Å². The third-order valence-electron chi connectivity index (χ3n) is 1.73. The molecule has 13 heavy (non-hydrogen) atoms. The van der Waals surface area contributed by atoms with Crippen LogP contribution in [0.3, 0.4) is 0 Å². The lowest BCUT2D eigenvalue weighted by molar-refractivity contribution is 0.482. The Kier molecular flexibility index (Phi) is 1.98. The van der Waals surface area contributed by atoms with Crippen molar-refractivity contribution in [2.24, 2.45) is 0 Å². The van der Waals surface area contributed by atoms with Crippen molar-refractivity contribution < 1.29 is 5.11 Å². The van der Waals surface area contributed by atoms with Crippen LogP contribution in [0.15, 0.2) is 22.7 Å². The number of fused-ring (bicyclic) bond motifs is 1. The maximum absolute atomic E-state index is 9.55. The molecule has 1 heterocycles. The smallest absolute Gasteiger partial charge is 0.152 e. The van der Waals surface area contributed by atoms with Gasteiger partial charge in [0.2, 0.25) is 0 Å². The second-order valence-electron chi connectivity index (χ2n) is 2.53. The Morgan fingerprint density at radius 1 is 1.46 bits per heavy atom. The summed E-state index contributed by atoms with van der Waals surface area (Å²) in [6, 6.07) is 7.49. The van der Waals surface area contributed by atoms with Crippen LogP contribution in [0.25, 0.3) is 10.1 Å². The van der Waals surface area contributed by atoms with Crippen LogP contribution in [-0.2, 0) is 0 Å². The molecule has 64 valence electrons. The zero-order valence-corrected chi connectivity index (χ0v) is 8.82. The molecule has 0 fully saturated rings. The number of benzene rings is 1. The van der Waals surface area contributed by atoms with E-state index in [0.717, 1.165) is 14.6 Å². The highest BCUT2D eigenvalue weighted by atomic mass is 79.9. The Morgan fingerprint density at radius 3 is 2.92 bits per heavy atom. The van der Waals surface area contributed by atoms with E-state index in [9.17, 15) is 5.11 Å². The maximum atomic E-state index is 9.55. The summed E-state index contributed by atoms with van der Waals surface area (Å²) in [7, 11) is 0. The Labute approximate surface area is 87.2 Å². The predicted molar refractivity (Wildman–Crippen MR) is 55.9 cm³/mol. The number of rotatable bonds is 0.